The maximum Gasteiger partial charge on any atom is 0.511 e. The average molecular weight is 730 g/mol. The first-order valence-corrected chi connectivity index (χ1v) is 17.2. The van der Waals surface area contributed by atoms with Gasteiger partial charge in [-0.15, -0.1) is 10.2 Å². The minimum Gasteiger partial charge on any atom is -0.465 e. The van der Waals surface area contributed by atoms with Gasteiger partial charge in [-0.05, 0) is 66.6 Å². The molecule has 1 fully saturated rings. The molecule has 1 aliphatic rings. The maximum absolute atomic E-state index is 13.5. The fourth-order valence-corrected chi connectivity index (χ4v) is 6.08. The lowest BCUT2D eigenvalue weighted by Gasteiger charge is -2.22. The molecule has 2 heterocycles. The lowest BCUT2D eigenvalue weighted by Crippen LogP contribution is -2.26. The summed E-state index contributed by atoms with van der Waals surface area (Å²) in [6.45, 7) is 3.64. The van der Waals surface area contributed by atoms with Gasteiger partial charge in [-0.1, -0.05) is 65.8 Å². The summed E-state index contributed by atoms with van der Waals surface area (Å²) in [6.07, 6.45) is 2.20. The monoisotopic (exact) mass is 729 g/mol. The number of carbonyl (C=O) groups is 3. The molecule has 1 aliphatic carbocycles. The smallest absolute Gasteiger partial charge is 0.465 e. The van der Waals surface area contributed by atoms with Gasteiger partial charge in [-0.3, -0.25) is 24.6 Å². The quantitative estimate of drug-likeness (QED) is 0.0784. The molecule has 278 valence electrons. The van der Waals surface area contributed by atoms with Crippen LogP contribution in [0.4, 0.5) is 4.79 Å². The van der Waals surface area contributed by atoms with Gasteiger partial charge < -0.3 is 18.9 Å². The number of ether oxygens (including phenoxy) is 4. The van der Waals surface area contributed by atoms with Gasteiger partial charge in [0.15, 0.2) is 0 Å². The van der Waals surface area contributed by atoms with Crippen LogP contribution >= 0.6 is 0 Å². The Kier molecular flexibility index (Phi) is 12.0. The SMILES string of the molecule is CCOc1nc2cccc(C(=O)OC(C)OC(=O)OC3CCCCC3)c2n1Cc1ccc(-c2ccccc2-c2nnn(C(=O)CCON(O)O)n2)cc1. The highest BCUT2D eigenvalue weighted by Crippen LogP contribution is 2.32. The van der Waals surface area contributed by atoms with Crippen LogP contribution in [0.1, 0.15) is 73.1 Å². The van der Waals surface area contributed by atoms with E-state index in [1.165, 1.54) is 6.92 Å². The Balaban J connectivity index is 1.19. The van der Waals surface area contributed by atoms with Crippen LogP contribution in [0.5, 0.6) is 6.01 Å². The molecule has 5 aromatic rings. The fourth-order valence-electron chi connectivity index (χ4n) is 6.08. The summed E-state index contributed by atoms with van der Waals surface area (Å²) in [5.74, 6) is -1.04. The van der Waals surface area contributed by atoms with E-state index in [9.17, 15) is 14.4 Å². The highest BCUT2D eigenvalue weighted by atomic mass is 17.1. The van der Waals surface area contributed by atoms with Gasteiger partial charge in [0.05, 0.1) is 48.2 Å². The second-order valence-electron chi connectivity index (χ2n) is 12.2. The number of aromatic nitrogens is 6. The lowest BCUT2D eigenvalue weighted by atomic mass is 9.98. The highest BCUT2D eigenvalue weighted by Gasteiger charge is 2.25. The van der Waals surface area contributed by atoms with Crippen LogP contribution in [0.15, 0.2) is 66.7 Å². The Morgan fingerprint density at radius 2 is 1.70 bits per heavy atom. The Labute approximate surface area is 303 Å². The van der Waals surface area contributed by atoms with Crippen molar-refractivity contribution in [3.8, 4) is 28.5 Å². The van der Waals surface area contributed by atoms with Crippen LogP contribution in [-0.2, 0) is 25.6 Å². The van der Waals surface area contributed by atoms with Crippen LogP contribution in [0.25, 0.3) is 33.5 Å². The third-order valence-corrected chi connectivity index (χ3v) is 8.51. The Hall–Kier alpha value is -5.75. The van der Waals surface area contributed by atoms with Gasteiger partial charge in [-0.2, -0.15) is 4.98 Å². The van der Waals surface area contributed by atoms with Crippen molar-refractivity contribution >= 4 is 29.1 Å². The summed E-state index contributed by atoms with van der Waals surface area (Å²) in [7, 11) is 0. The summed E-state index contributed by atoms with van der Waals surface area (Å²) < 4.78 is 23.9. The summed E-state index contributed by atoms with van der Waals surface area (Å²) in [4.78, 5) is 48.1. The van der Waals surface area contributed by atoms with Gasteiger partial charge in [0.1, 0.15) is 6.10 Å². The number of nitrogens with zero attached hydrogens (tertiary/aromatic N) is 7. The molecule has 0 amide bonds. The van der Waals surface area contributed by atoms with Gasteiger partial charge in [-0.25, -0.2) is 9.59 Å². The van der Waals surface area contributed by atoms with E-state index >= 15 is 0 Å². The van der Waals surface area contributed by atoms with Crippen molar-refractivity contribution in [3.63, 3.8) is 0 Å². The number of hydrogen-bond acceptors (Lipinski definition) is 15. The van der Waals surface area contributed by atoms with Gasteiger partial charge in [0.25, 0.3) is 11.9 Å². The first-order valence-electron chi connectivity index (χ1n) is 17.2. The average Bonchev–Trinajstić information content (AvgIpc) is 3.78. The second kappa shape index (κ2) is 17.2. The van der Waals surface area contributed by atoms with Crippen molar-refractivity contribution in [2.24, 2.45) is 0 Å². The molecule has 1 unspecified atom stereocenters. The largest absolute Gasteiger partial charge is 0.511 e. The van der Waals surface area contributed by atoms with Gasteiger partial charge in [0, 0.05) is 12.5 Å². The normalized spacial score (nSPS) is 13.9. The van der Waals surface area contributed by atoms with Crippen molar-refractivity contribution < 1.29 is 48.6 Å². The number of para-hydroxylation sites is 1. The number of imidazole rings is 1. The van der Waals surface area contributed by atoms with E-state index in [0.29, 0.717) is 35.8 Å². The molecule has 0 bridgehead atoms. The number of hydrogen-bond donors (Lipinski definition) is 2. The predicted molar refractivity (Wildman–Crippen MR) is 185 cm³/mol. The molecule has 0 radical (unpaired) electrons. The van der Waals surface area contributed by atoms with Crippen molar-refractivity contribution in [1.82, 2.24) is 35.1 Å². The zero-order chi connectivity index (χ0) is 37.3. The van der Waals surface area contributed by atoms with E-state index in [1.807, 2.05) is 55.5 Å². The molecule has 1 saturated carbocycles. The molecule has 2 aromatic heterocycles. The van der Waals surface area contributed by atoms with Crippen molar-refractivity contribution in [3.05, 3.63) is 77.9 Å². The zero-order valence-corrected chi connectivity index (χ0v) is 29.2. The summed E-state index contributed by atoms with van der Waals surface area (Å²) in [5.41, 5.74) is 4.37. The van der Waals surface area contributed by atoms with Crippen molar-refractivity contribution in [2.75, 3.05) is 13.2 Å². The van der Waals surface area contributed by atoms with Crippen LogP contribution in [0, 0.1) is 0 Å². The molecule has 2 N–H and O–H groups in total. The van der Waals surface area contributed by atoms with Gasteiger partial charge >= 0.3 is 12.1 Å². The highest BCUT2D eigenvalue weighted by molar-refractivity contribution is 6.02. The van der Waals surface area contributed by atoms with E-state index in [1.54, 1.807) is 22.8 Å². The van der Waals surface area contributed by atoms with Crippen molar-refractivity contribution in [2.45, 2.75) is 71.3 Å². The first kappa shape index (κ1) is 37.0. The second-order valence-corrected chi connectivity index (χ2v) is 12.2. The number of esters is 1. The number of fused-ring (bicyclic) bond motifs is 1. The number of benzene rings is 3. The first-order chi connectivity index (χ1) is 25.7. The van der Waals surface area contributed by atoms with E-state index in [0.717, 1.165) is 53.6 Å². The van der Waals surface area contributed by atoms with Crippen LogP contribution < -0.4 is 4.74 Å². The van der Waals surface area contributed by atoms with Crippen LogP contribution in [0.3, 0.4) is 0 Å². The zero-order valence-electron chi connectivity index (χ0n) is 29.2. The van der Waals surface area contributed by atoms with E-state index in [-0.39, 0.29) is 30.5 Å². The molecule has 0 saturated heterocycles. The Morgan fingerprint density at radius 3 is 2.43 bits per heavy atom. The van der Waals surface area contributed by atoms with E-state index < -0.39 is 29.7 Å². The lowest BCUT2D eigenvalue weighted by molar-refractivity contribution is -0.491. The number of rotatable bonds is 14. The molecular weight excluding hydrogens is 690 g/mol. The Bertz CT molecular complexity index is 2040. The number of carbonyl (C=O) groups excluding carboxylic acids is 3. The van der Waals surface area contributed by atoms with E-state index in [2.05, 4.69) is 25.2 Å². The predicted octanol–water partition coefficient (Wildman–Crippen LogP) is 5.83. The molecule has 53 heavy (non-hydrogen) atoms. The minimum absolute atomic E-state index is 0.194. The van der Waals surface area contributed by atoms with Crippen molar-refractivity contribution in [1.29, 1.82) is 0 Å². The maximum atomic E-state index is 13.5. The molecule has 3 aromatic carbocycles. The minimum atomic E-state index is -1.19. The topological polar surface area (TPSA) is 202 Å². The molecular formula is C36H39N7O10. The summed E-state index contributed by atoms with van der Waals surface area (Å²) in [5, 5.41) is 29.0. The molecule has 17 heteroatoms. The molecule has 6 rings (SSSR count). The van der Waals surface area contributed by atoms with Gasteiger partial charge in [0.2, 0.25) is 12.1 Å². The Morgan fingerprint density at radius 1 is 0.943 bits per heavy atom. The molecule has 1 atom stereocenters. The van der Waals surface area contributed by atoms with E-state index in [4.69, 9.17) is 29.4 Å². The summed E-state index contributed by atoms with van der Waals surface area (Å²) in [6, 6.07) is 20.5. The fraction of sp³-hybridized carbons (Fsp3) is 0.361. The standard InChI is InChI=1S/C36H39N7O10/c1-3-49-35-37-30-15-9-14-29(34(45)51-23(2)52-36(46)53-26-10-5-4-6-11-26)32(30)41(35)22-24-16-18-25(19-17-24)27-12-7-8-13-28(27)33-38-40-42(39-33)31(44)20-21-50-43(47)48/h7-9,12-19,23,26,47-48H,3-6,10-11,20-22H2,1-2H3. The summed E-state index contributed by atoms with van der Waals surface area (Å²) >= 11 is 0. The van der Waals surface area contributed by atoms with Crippen LogP contribution in [-0.4, -0.2) is 89.2 Å². The molecule has 17 nitrogen and oxygen atoms in total. The molecule has 0 spiro atoms. The third-order valence-electron chi connectivity index (χ3n) is 8.51. The van der Waals surface area contributed by atoms with Crippen LogP contribution in [0.2, 0.25) is 0 Å². The number of tetrazole rings is 1. The molecule has 0 aliphatic heterocycles. The third kappa shape index (κ3) is 9.19.